The minimum absolute atomic E-state index is 0.800. The number of alkyl halides is 12. The van der Waals surface area contributed by atoms with Crippen molar-refractivity contribution < 1.29 is 62.2 Å². The second-order valence-corrected chi connectivity index (χ2v) is 4.34. The maximum atomic E-state index is 13.3. The molecule has 0 aliphatic carbocycles. The van der Waals surface area contributed by atoms with Crippen LogP contribution in [-0.2, 0) is 9.47 Å². The monoisotopic (exact) mass is 374 g/mol. The first-order chi connectivity index (χ1) is 10.0. The van der Waals surface area contributed by atoms with E-state index in [-0.39, 0.29) is 0 Å². The topological polar surface area (TPSA) is 18.5 Å². The summed E-state index contributed by atoms with van der Waals surface area (Å²) in [5, 5.41) is 0. The molecule has 138 valence electrons. The van der Waals surface area contributed by atoms with Crippen LogP contribution in [0, 0.1) is 0 Å². The summed E-state index contributed by atoms with van der Waals surface area (Å²) in [5.74, 6) is -35.5. The molecule has 23 heavy (non-hydrogen) atoms. The van der Waals surface area contributed by atoms with E-state index < -0.39 is 55.5 Å². The standard InChI is InChI=1S/C9H6F12O2/c10-3(11)5(12,13)7(16,17)9(20,21)8(18,19)6(14,15)4-22-1-2-23-4/h3-4H,1-2H2. The zero-order valence-corrected chi connectivity index (χ0v) is 10.4. The van der Waals surface area contributed by atoms with Gasteiger partial charge in [-0.3, -0.25) is 0 Å². The van der Waals surface area contributed by atoms with E-state index in [9.17, 15) is 52.7 Å². The fraction of sp³-hybridized carbons (Fsp3) is 1.00. The van der Waals surface area contributed by atoms with Crippen LogP contribution in [0.4, 0.5) is 52.7 Å². The van der Waals surface area contributed by atoms with E-state index >= 15 is 0 Å². The zero-order chi connectivity index (χ0) is 18.5. The summed E-state index contributed by atoms with van der Waals surface area (Å²) in [6.07, 6.45) is -8.97. The normalized spacial score (nSPS) is 19.7. The summed E-state index contributed by atoms with van der Waals surface area (Å²) in [6, 6.07) is 0. The summed E-state index contributed by atoms with van der Waals surface area (Å²) in [4.78, 5) is 0. The zero-order valence-electron chi connectivity index (χ0n) is 10.4. The van der Waals surface area contributed by atoms with Crippen LogP contribution in [0.25, 0.3) is 0 Å². The van der Waals surface area contributed by atoms with E-state index in [0.717, 1.165) is 0 Å². The van der Waals surface area contributed by atoms with Gasteiger partial charge in [0.05, 0.1) is 13.2 Å². The van der Waals surface area contributed by atoms with Gasteiger partial charge in [0.2, 0.25) is 6.29 Å². The van der Waals surface area contributed by atoms with Gasteiger partial charge in [-0.25, -0.2) is 8.78 Å². The molecule has 0 amide bonds. The Morgan fingerprint density at radius 2 is 1.04 bits per heavy atom. The first-order valence-corrected chi connectivity index (χ1v) is 5.45. The predicted molar refractivity (Wildman–Crippen MR) is 46.4 cm³/mol. The Hall–Kier alpha value is -0.920. The molecule has 1 rings (SSSR count). The number of hydrogen-bond donors (Lipinski definition) is 0. The Morgan fingerprint density at radius 1 is 0.652 bits per heavy atom. The maximum absolute atomic E-state index is 13.3. The molecule has 0 spiro atoms. The van der Waals surface area contributed by atoms with Crippen molar-refractivity contribution in [3.05, 3.63) is 0 Å². The molecular weight excluding hydrogens is 368 g/mol. The van der Waals surface area contributed by atoms with Crippen LogP contribution in [0.1, 0.15) is 0 Å². The second kappa shape index (κ2) is 5.57. The van der Waals surface area contributed by atoms with Gasteiger partial charge >= 0.3 is 36.0 Å². The van der Waals surface area contributed by atoms with Crippen molar-refractivity contribution in [3.63, 3.8) is 0 Å². The van der Waals surface area contributed by atoms with Crippen LogP contribution in [0.15, 0.2) is 0 Å². The average molecular weight is 374 g/mol. The maximum Gasteiger partial charge on any atom is 0.384 e. The van der Waals surface area contributed by atoms with E-state index in [1.165, 1.54) is 0 Å². The molecule has 2 nitrogen and oxygen atoms in total. The molecule has 1 heterocycles. The molecule has 0 radical (unpaired) electrons. The minimum atomic E-state index is -7.56. The van der Waals surface area contributed by atoms with Gasteiger partial charge in [0.1, 0.15) is 0 Å². The SMILES string of the molecule is FC(F)C(F)(F)C(F)(F)C(F)(F)C(F)(F)C(F)(F)C1OCCO1. The number of halogens is 12. The molecule has 1 aliphatic heterocycles. The first-order valence-electron chi connectivity index (χ1n) is 5.45. The van der Waals surface area contributed by atoms with Crippen LogP contribution in [0.5, 0.6) is 0 Å². The van der Waals surface area contributed by atoms with Crippen LogP contribution < -0.4 is 0 Å². The number of ether oxygens (including phenoxy) is 2. The van der Waals surface area contributed by atoms with Gasteiger partial charge < -0.3 is 9.47 Å². The molecule has 0 bridgehead atoms. The van der Waals surface area contributed by atoms with E-state index in [4.69, 9.17) is 0 Å². The highest BCUT2D eigenvalue weighted by molar-refractivity contribution is 5.10. The molecule has 0 aromatic rings. The molecule has 0 aromatic carbocycles. The molecule has 0 atom stereocenters. The van der Waals surface area contributed by atoms with Crippen LogP contribution >= 0.6 is 0 Å². The fourth-order valence-electron chi connectivity index (χ4n) is 1.47. The third-order valence-electron chi connectivity index (χ3n) is 2.82. The smallest absolute Gasteiger partial charge is 0.345 e. The van der Waals surface area contributed by atoms with Gasteiger partial charge in [-0.05, 0) is 0 Å². The Kier molecular flexibility index (Phi) is 4.87. The molecule has 1 saturated heterocycles. The quantitative estimate of drug-likeness (QED) is 0.659. The van der Waals surface area contributed by atoms with Gasteiger partial charge in [-0.15, -0.1) is 0 Å². The largest absolute Gasteiger partial charge is 0.384 e. The van der Waals surface area contributed by atoms with E-state index in [2.05, 4.69) is 9.47 Å². The predicted octanol–water partition coefficient (Wildman–Crippen LogP) is 3.80. The van der Waals surface area contributed by atoms with Gasteiger partial charge in [0, 0.05) is 0 Å². The first kappa shape index (κ1) is 20.1. The molecule has 1 fully saturated rings. The van der Waals surface area contributed by atoms with Crippen LogP contribution in [0.3, 0.4) is 0 Å². The summed E-state index contributed by atoms with van der Waals surface area (Å²) in [5.41, 5.74) is 0. The van der Waals surface area contributed by atoms with Crippen LogP contribution in [-0.4, -0.2) is 55.5 Å². The Bertz CT molecular complexity index is 428. The summed E-state index contributed by atoms with van der Waals surface area (Å²) >= 11 is 0. The molecule has 0 unspecified atom stereocenters. The Labute approximate surface area is 119 Å². The Balaban J connectivity index is 3.33. The Morgan fingerprint density at radius 3 is 1.39 bits per heavy atom. The molecule has 1 aliphatic rings. The van der Waals surface area contributed by atoms with Crippen molar-refractivity contribution in [2.24, 2.45) is 0 Å². The highest BCUT2D eigenvalue weighted by Gasteiger charge is 2.89. The lowest BCUT2D eigenvalue weighted by Crippen LogP contribution is -2.70. The molecular formula is C9H6F12O2. The van der Waals surface area contributed by atoms with E-state index in [0.29, 0.717) is 0 Å². The van der Waals surface area contributed by atoms with Gasteiger partial charge in [0.25, 0.3) is 0 Å². The lowest BCUT2D eigenvalue weighted by atomic mass is 9.94. The minimum Gasteiger partial charge on any atom is -0.345 e. The molecule has 0 aromatic heterocycles. The van der Waals surface area contributed by atoms with Crippen LogP contribution in [0.2, 0.25) is 0 Å². The van der Waals surface area contributed by atoms with Gasteiger partial charge in [-0.2, -0.15) is 43.9 Å². The number of rotatable bonds is 6. The van der Waals surface area contributed by atoms with Crippen molar-refractivity contribution in [3.8, 4) is 0 Å². The summed E-state index contributed by atoms with van der Waals surface area (Å²) < 4.78 is 161. The third kappa shape index (κ3) is 2.62. The summed E-state index contributed by atoms with van der Waals surface area (Å²) in [7, 11) is 0. The average Bonchev–Trinajstić information content (AvgIpc) is 2.91. The lowest BCUT2D eigenvalue weighted by molar-refractivity contribution is -0.428. The van der Waals surface area contributed by atoms with Gasteiger partial charge in [0.15, 0.2) is 0 Å². The summed E-state index contributed by atoms with van der Waals surface area (Å²) in [6.45, 7) is -1.60. The highest BCUT2D eigenvalue weighted by atomic mass is 19.4. The number of hydrogen-bond acceptors (Lipinski definition) is 2. The third-order valence-corrected chi connectivity index (χ3v) is 2.82. The lowest BCUT2D eigenvalue weighted by Gasteiger charge is -2.40. The van der Waals surface area contributed by atoms with E-state index in [1.807, 2.05) is 0 Å². The molecule has 0 N–H and O–H groups in total. The molecule has 14 heteroatoms. The fourth-order valence-corrected chi connectivity index (χ4v) is 1.47. The van der Waals surface area contributed by atoms with Crippen molar-refractivity contribution in [1.82, 2.24) is 0 Å². The van der Waals surface area contributed by atoms with Gasteiger partial charge in [-0.1, -0.05) is 0 Å². The van der Waals surface area contributed by atoms with Crippen molar-refractivity contribution in [1.29, 1.82) is 0 Å². The molecule has 0 saturated carbocycles. The van der Waals surface area contributed by atoms with E-state index in [1.54, 1.807) is 0 Å². The van der Waals surface area contributed by atoms with Crippen molar-refractivity contribution in [2.45, 2.75) is 42.3 Å². The second-order valence-electron chi connectivity index (χ2n) is 4.34. The van der Waals surface area contributed by atoms with Crippen molar-refractivity contribution in [2.75, 3.05) is 13.2 Å². The highest BCUT2D eigenvalue weighted by Crippen LogP contribution is 2.59. The van der Waals surface area contributed by atoms with Crippen molar-refractivity contribution >= 4 is 0 Å².